The van der Waals surface area contributed by atoms with Gasteiger partial charge < -0.3 is 4.57 Å². The molecule has 5 rings (SSSR count). The van der Waals surface area contributed by atoms with Crippen molar-refractivity contribution in [3.63, 3.8) is 0 Å². The Morgan fingerprint density at radius 2 is 2.03 bits per heavy atom. The van der Waals surface area contributed by atoms with Gasteiger partial charge in [-0.25, -0.2) is 14.6 Å². The van der Waals surface area contributed by atoms with Crippen LogP contribution in [0.3, 0.4) is 0 Å². The predicted molar refractivity (Wildman–Crippen MR) is 117 cm³/mol. The molecule has 150 valence electrons. The van der Waals surface area contributed by atoms with E-state index in [1.807, 2.05) is 48.4 Å². The molecule has 1 aromatic carbocycles. The number of nitrogens with zero attached hydrogens (tertiary/aromatic N) is 5. The summed E-state index contributed by atoms with van der Waals surface area (Å²) in [5.41, 5.74) is 3.26. The van der Waals surface area contributed by atoms with E-state index in [1.165, 1.54) is 11.8 Å². The highest BCUT2D eigenvalue weighted by Crippen LogP contribution is 2.36. The first-order valence-corrected chi connectivity index (χ1v) is 11.2. The van der Waals surface area contributed by atoms with E-state index in [1.54, 1.807) is 22.6 Å². The van der Waals surface area contributed by atoms with E-state index in [0.717, 1.165) is 37.6 Å². The third-order valence-corrected chi connectivity index (χ3v) is 7.17. The Labute approximate surface area is 182 Å². The number of hydrogen-bond acceptors (Lipinski definition) is 6. The second-order valence-corrected chi connectivity index (χ2v) is 9.34. The maximum absolute atomic E-state index is 11.7. The second kappa shape index (κ2) is 7.77. The van der Waals surface area contributed by atoms with Crippen LogP contribution in [0.1, 0.15) is 29.7 Å². The molecule has 1 atom stereocenters. The molecule has 1 aliphatic rings. The highest BCUT2D eigenvalue weighted by molar-refractivity contribution is 8.14. The molecule has 0 amide bonds. The zero-order valence-electron chi connectivity index (χ0n) is 16.5. The molecule has 0 saturated heterocycles. The normalized spacial score (nSPS) is 14.1. The molecule has 3 aromatic heterocycles. The zero-order valence-corrected chi connectivity index (χ0v) is 18.2. The Morgan fingerprint density at radius 3 is 2.80 bits per heavy atom. The molecule has 6 nitrogen and oxygen atoms in total. The summed E-state index contributed by atoms with van der Waals surface area (Å²) in [6, 6.07) is 12.3. The van der Waals surface area contributed by atoms with Gasteiger partial charge in [0.15, 0.2) is 16.1 Å². The van der Waals surface area contributed by atoms with Crippen LogP contribution in [-0.2, 0) is 18.3 Å². The summed E-state index contributed by atoms with van der Waals surface area (Å²) >= 11 is 2.92. The van der Waals surface area contributed by atoms with E-state index >= 15 is 0 Å². The molecule has 0 saturated carbocycles. The largest absolute Gasteiger partial charge is 0.329 e. The molecule has 0 fully saturated rings. The van der Waals surface area contributed by atoms with Gasteiger partial charge in [-0.1, -0.05) is 42.6 Å². The predicted octanol–water partition coefficient (Wildman–Crippen LogP) is 4.48. The van der Waals surface area contributed by atoms with Gasteiger partial charge in [0.25, 0.3) is 0 Å². The number of fused-ring (bicyclic) bond motifs is 1. The molecule has 4 heterocycles. The van der Waals surface area contributed by atoms with Crippen LogP contribution >= 0.6 is 23.5 Å². The van der Waals surface area contributed by atoms with Crippen LogP contribution in [0.4, 0.5) is 0 Å². The van der Waals surface area contributed by atoms with Crippen molar-refractivity contribution in [3.8, 4) is 5.82 Å². The smallest absolute Gasteiger partial charge is 0.198 e. The molecule has 1 aliphatic heterocycles. The standard InChI is InChI=1S/C22H19N5OS2/c1-14(15-3-4-16-12-21(28)30-19(16)11-15)18-7-9-27(25-18)20-6-5-17(13-24-20)29-22-23-8-10-26(22)2/h3-11,13-14H,12H2,1-2H3. The molecule has 0 N–H and O–H groups in total. The zero-order chi connectivity index (χ0) is 20.7. The van der Waals surface area contributed by atoms with Crippen molar-refractivity contribution in [1.29, 1.82) is 0 Å². The summed E-state index contributed by atoms with van der Waals surface area (Å²) in [7, 11) is 1.97. The SMILES string of the molecule is CC(c1ccc2c(c1)SC(=O)C2)c1ccn(-c2ccc(Sc3nccn3C)cn2)n1. The average Bonchev–Trinajstić information content (AvgIpc) is 3.47. The lowest BCUT2D eigenvalue weighted by molar-refractivity contribution is -0.110. The number of imidazole rings is 1. The molecule has 0 radical (unpaired) electrons. The molecule has 8 heteroatoms. The number of rotatable bonds is 5. The van der Waals surface area contributed by atoms with Gasteiger partial charge in [0.1, 0.15) is 0 Å². The maximum atomic E-state index is 11.7. The first-order chi connectivity index (χ1) is 14.6. The Morgan fingerprint density at radius 1 is 1.13 bits per heavy atom. The third kappa shape index (κ3) is 3.68. The van der Waals surface area contributed by atoms with Crippen molar-refractivity contribution in [2.45, 2.75) is 34.2 Å². The lowest BCUT2D eigenvalue weighted by Crippen LogP contribution is -2.02. The van der Waals surface area contributed by atoms with Gasteiger partial charge >= 0.3 is 0 Å². The van der Waals surface area contributed by atoms with Gasteiger partial charge in [-0.3, -0.25) is 4.79 Å². The number of benzene rings is 1. The lowest BCUT2D eigenvalue weighted by Gasteiger charge is -2.11. The van der Waals surface area contributed by atoms with Crippen LogP contribution in [0.15, 0.2) is 76.1 Å². The minimum absolute atomic E-state index is 0.131. The molecular formula is C22H19N5OS2. The fourth-order valence-electron chi connectivity index (χ4n) is 3.39. The fourth-order valence-corrected chi connectivity index (χ4v) is 5.10. The van der Waals surface area contributed by atoms with E-state index in [0.29, 0.717) is 6.42 Å². The Bertz CT molecular complexity index is 1230. The first kappa shape index (κ1) is 19.1. The highest BCUT2D eigenvalue weighted by Gasteiger charge is 2.21. The van der Waals surface area contributed by atoms with Gasteiger partial charge in [-0.05, 0) is 35.4 Å². The Kier molecular flexibility index (Phi) is 4.96. The van der Waals surface area contributed by atoms with Crippen LogP contribution in [0, 0.1) is 0 Å². The monoisotopic (exact) mass is 433 g/mol. The Balaban J connectivity index is 1.33. The van der Waals surface area contributed by atoms with Crippen LogP contribution in [0.5, 0.6) is 0 Å². The summed E-state index contributed by atoms with van der Waals surface area (Å²) in [4.78, 5) is 22.7. The summed E-state index contributed by atoms with van der Waals surface area (Å²) in [5.74, 6) is 0.902. The van der Waals surface area contributed by atoms with Crippen molar-refractivity contribution in [2.24, 2.45) is 7.05 Å². The maximum Gasteiger partial charge on any atom is 0.198 e. The van der Waals surface area contributed by atoms with Gasteiger partial charge in [0.05, 0.1) is 5.69 Å². The number of pyridine rings is 1. The Hall–Kier alpha value is -2.84. The van der Waals surface area contributed by atoms with Crippen molar-refractivity contribution in [3.05, 3.63) is 78.0 Å². The molecule has 0 spiro atoms. The topological polar surface area (TPSA) is 65.6 Å². The van der Waals surface area contributed by atoms with E-state index in [9.17, 15) is 4.79 Å². The quantitative estimate of drug-likeness (QED) is 0.462. The molecule has 1 unspecified atom stereocenters. The number of carbonyl (C=O) groups is 1. The van der Waals surface area contributed by atoms with Crippen molar-refractivity contribution in [1.82, 2.24) is 24.3 Å². The van der Waals surface area contributed by atoms with Crippen molar-refractivity contribution >= 4 is 28.6 Å². The minimum Gasteiger partial charge on any atom is -0.329 e. The highest BCUT2D eigenvalue weighted by atomic mass is 32.2. The lowest BCUT2D eigenvalue weighted by atomic mass is 9.96. The van der Waals surface area contributed by atoms with Crippen LogP contribution in [0.25, 0.3) is 5.82 Å². The summed E-state index contributed by atoms with van der Waals surface area (Å²) < 4.78 is 3.78. The number of aryl methyl sites for hydroxylation is 1. The first-order valence-electron chi connectivity index (χ1n) is 9.57. The molecular weight excluding hydrogens is 414 g/mol. The number of carbonyl (C=O) groups excluding carboxylic acids is 1. The number of hydrogen-bond donors (Lipinski definition) is 0. The molecule has 0 aliphatic carbocycles. The van der Waals surface area contributed by atoms with Crippen molar-refractivity contribution in [2.75, 3.05) is 0 Å². The van der Waals surface area contributed by atoms with Gasteiger partial charge in [0, 0.05) is 54.0 Å². The fraction of sp³-hybridized carbons (Fsp3) is 0.182. The molecule has 30 heavy (non-hydrogen) atoms. The second-order valence-electron chi connectivity index (χ2n) is 7.20. The third-order valence-electron chi connectivity index (χ3n) is 5.14. The number of aromatic nitrogens is 5. The van der Waals surface area contributed by atoms with Crippen LogP contribution in [-0.4, -0.2) is 29.4 Å². The summed E-state index contributed by atoms with van der Waals surface area (Å²) in [6.07, 6.45) is 8.02. The summed E-state index contributed by atoms with van der Waals surface area (Å²) in [6.45, 7) is 2.13. The minimum atomic E-state index is 0.131. The molecule has 4 aromatic rings. The van der Waals surface area contributed by atoms with Gasteiger partial charge in [-0.2, -0.15) is 5.10 Å². The van der Waals surface area contributed by atoms with E-state index in [-0.39, 0.29) is 11.0 Å². The summed E-state index contributed by atoms with van der Waals surface area (Å²) in [5, 5.41) is 5.88. The number of thioether (sulfide) groups is 1. The van der Waals surface area contributed by atoms with E-state index in [4.69, 9.17) is 5.10 Å². The van der Waals surface area contributed by atoms with Gasteiger partial charge in [-0.15, -0.1) is 0 Å². The average molecular weight is 434 g/mol. The van der Waals surface area contributed by atoms with E-state index < -0.39 is 0 Å². The van der Waals surface area contributed by atoms with Crippen LogP contribution < -0.4 is 0 Å². The van der Waals surface area contributed by atoms with Crippen molar-refractivity contribution < 1.29 is 4.79 Å². The van der Waals surface area contributed by atoms with Gasteiger partial charge in [0.2, 0.25) is 0 Å². The molecule has 0 bridgehead atoms. The van der Waals surface area contributed by atoms with E-state index in [2.05, 4.69) is 35.1 Å². The van der Waals surface area contributed by atoms with Crippen LogP contribution in [0.2, 0.25) is 0 Å².